The number of nitrogens with one attached hydrogen (secondary N) is 1. The Morgan fingerprint density at radius 1 is 1.05 bits per heavy atom. The minimum Gasteiger partial charge on any atom is -0.310 e. The van der Waals surface area contributed by atoms with Crippen molar-refractivity contribution < 1.29 is 0 Å². The maximum Gasteiger partial charge on any atom is 0.0450 e. The molecule has 1 aromatic rings. The number of rotatable bonds is 3. The van der Waals surface area contributed by atoms with Gasteiger partial charge in [0.2, 0.25) is 0 Å². The van der Waals surface area contributed by atoms with Gasteiger partial charge in [-0.05, 0) is 55.6 Å². The first-order valence-corrected chi connectivity index (χ1v) is 8.12. The number of benzene rings is 1. The molecule has 0 saturated heterocycles. The molecule has 2 aliphatic rings. The number of hydrogen-bond donors (Lipinski definition) is 1. The van der Waals surface area contributed by atoms with Crippen LogP contribution in [0.4, 0.5) is 0 Å². The summed E-state index contributed by atoms with van der Waals surface area (Å²) in [4.78, 5) is 0. The fourth-order valence-electron chi connectivity index (χ4n) is 3.96. The molecule has 1 N–H and O–H groups in total. The fraction of sp³-hybridized carbons (Fsp3) is 0.647. The molecular formula is C17H24ClN. The summed E-state index contributed by atoms with van der Waals surface area (Å²) in [5.41, 5.74) is 1.97. The summed E-state index contributed by atoms with van der Waals surface area (Å²) in [5.74, 6) is 0. The van der Waals surface area contributed by atoms with Gasteiger partial charge in [0.15, 0.2) is 0 Å². The Kier molecular flexibility index (Phi) is 4.14. The fourth-order valence-corrected chi connectivity index (χ4v) is 4.16. The van der Waals surface area contributed by atoms with Crippen LogP contribution in [0.15, 0.2) is 24.3 Å². The van der Waals surface area contributed by atoms with E-state index in [0.717, 1.165) is 17.0 Å². The maximum absolute atomic E-state index is 6.20. The van der Waals surface area contributed by atoms with E-state index < -0.39 is 0 Å². The lowest BCUT2D eigenvalue weighted by Gasteiger charge is -2.37. The largest absolute Gasteiger partial charge is 0.310 e. The Labute approximate surface area is 121 Å². The van der Waals surface area contributed by atoms with E-state index in [-0.39, 0.29) is 0 Å². The standard InChI is InChI=1S/C17H24ClN/c18-16-6-2-1-5-14(16)13-19-15-7-11-17(12-8-15)9-3-4-10-17/h1-2,5-6,15,19H,3-4,7-13H2. The third-order valence-corrected chi connectivity index (χ3v) is 5.62. The second-order valence-electron chi connectivity index (χ2n) is 6.45. The van der Waals surface area contributed by atoms with Crippen LogP contribution in [0.5, 0.6) is 0 Å². The summed E-state index contributed by atoms with van der Waals surface area (Å²) in [7, 11) is 0. The van der Waals surface area contributed by atoms with Crippen LogP contribution in [0, 0.1) is 5.41 Å². The average molecular weight is 278 g/mol. The molecule has 0 aliphatic heterocycles. The van der Waals surface area contributed by atoms with Gasteiger partial charge in [-0.3, -0.25) is 0 Å². The second-order valence-corrected chi connectivity index (χ2v) is 6.86. The van der Waals surface area contributed by atoms with Crippen molar-refractivity contribution >= 4 is 11.6 Å². The molecule has 2 aliphatic carbocycles. The van der Waals surface area contributed by atoms with E-state index >= 15 is 0 Å². The normalized spacial score (nSPS) is 23.0. The molecule has 19 heavy (non-hydrogen) atoms. The molecule has 0 bridgehead atoms. The molecule has 0 aromatic heterocycles. The van der Waals surface area contributed by atoms with Gasteiger partial charge in [0.05, 0.1) is 0 Å². The van der Waals surface area contributed by atoms with E-state index in [2.05, 4.69) is 17.4 Å². The SMILES string of the molecule is Clc1ccccc1CNC1CCC2(CCCC2)CC1. The minimum absolute atomic E-state index is 0.697. The molecule has 1 nitrogen and oxygen atoms in total. The lowest BCUT2D eigenvalue weighted by atomic mass is 9.71. The predicted molar refractivity (Wildman–Crippen MR) is 81.4 cm³/mol. The van der Waals surface area contributed by atoms with Gasteiger partial charge in [-0.2, -0.15) is 0 Å². The topological polar surface area (TPSA) is 12.0 Å². The molecule has 0 heterocycles. The van der Waals surface area contributed by atoms with E-state index in [0.29, 0.717) is 6.04 Å². The average Bonchev–Trinajstić information content (AvgIpc) is 2.88. The Hall–Kier alpha value is -0.530. The van der Waals surface area contributed by atoms with Crippen molar-refractivity contribution in [2.75, 3.05) is 0 Å². The molecule has 1 spiro atoms. The zero-order chi connectivity index (χ0) is 13.1. The summed E-state index contributed by atoms with van der Waals surface area (Å²) in [6.07, 6.45) is 11.5. The summed E-state index contributed by atoms with van der Waals surface area (Å²) >= 11 is 6.20. The second kappa shape index (κ2) is 5.85. The van der Waals surface area contributed by atoms with E-state index in [4.69, 9.17) is 11.6 Å². The number of halogens is 1. The van der Waals surface area contributed by atoms with Gasteiger partial charge in [0.25, 0.3) is 0 Å². The van der Waals surface area contributed by atoms with Gasteiger partial charge in [-0.1, -0.05) is 42.6 Å². The third kappa shape index (κ3) is 3.14. The highest BCUT2D eigenvalue weighted by Gasteiger charge is 2.37. The first-order chi connectivity index (χ1) is 9.27. The van der Waals surface area contributed by atoms with Gasteiger partial charge in [-0.15, -0.1) is 0 Å². The van der Waals surface area contributed by atoms with Gasteiger partial charge in [-0.25, -0.2) is 0 Å². The summed E-state index contributed by atoms with van der Waals surface area (Å²) in [6.45, 7) is 0.914. The highest BCUT2D eigenvalue weighted by Crippen LogP contribution is 2.48. The molecular weight excluding hydrogens is 254 g/mol. The van der Waals surface area contributed by atoms with E-state index in [1.165, 1.54) is 56.9 Å². The highest BCUT2D eigenvalue weighted by atomic mass is 35.5. The van der Waals surface area contributed by atoms with Crippen LogP contribution in [0.1, 0.15) is 56.9 Å². The predicted octanol–water partition coefficient (Wildman–Crippen LogP) is 4.93. The molecule has 2 saturated carbocycles. The zero-order valence-corrected chi connectivity index (χ0v) is 12.4. The smallest absolute Gasteiger partial charge is 0.0450 e. The van der Waals surface area contributed by atoms with E-state index in [1.54, 1.807) is 0 Å². The van der Waals surface area contributed by atoms with Gasteiger partial charge in [0, 0.05) is 17.6 Å². The van der Waals surface area contributed by atoms with Gasteiger partial charge in [0.1, 0.15) is 0 Å². The van der Waals surface area contributed by atoms with Crippen molar-refractivity contribution in [2.45, 2.75) is 64.0 Å². The molecule has 2 fully saturated rings. The number of hydrogen-bond acceptors (Lipinski definition) is 1. The van der Waals surface area contributed by atoms with Crippen LogP contribution < -0.4 is 5.32 Å². The lowest BCUT2D eigenvalue weighted by molar-refractivity contribution is 0.168. The highest BCUT2D eigenvalue weighted by molar-refractivity contribution is 6.31. The minimum atomic E-state index is 0.697. The van der Waals surface area contributed by atoms with Crippen molar-refractivity contribution in [3.8, 4) is 0 Å². The molecule has 1 aromatic carbocycles. The van der Waals surface area contributed by atoms with Crippen molar-refractivity contribution in [3.63, 3.8) is 0 Å². The van der Waals surface area contributed by atoms with Crippen LogP contribution >= 0.6 is 11.6 Å². The van der Waals surface area contributed by atoms with Crippen LogP contribution in [-0.2, 0) is 6.54 Å². The molecule has 0 amide bonds. The zero-order valence-electron chi connectivity index (χ0n) is 11.6. The van der Waals surface area contributed by atoms with Crippen LogP contribution in [0.3, 0.4) is 0 Å². The van der Waals surface area contributed by atoms with E-state index in [1.807, 2.05) is 12.1 Å². The van der Waals surface area contributed by atoms with Crippen LogP contribution in [0.2, 0.25) is 5.02 Å². The van der Waals surface area contributed by atoms with Gasteiger partial charge >= 0.3 is 0 Å². The van der Waals surface area contributed by atoms with Crippen LogP contribution in [-0.4, -0.2) is 6.04 Å². The van der Waals surface area contributed by atoms with Crippen molar-refractivity contribution in [1.82, 2.24) is 5.32 Å². The Bertz CT molecular complexity index is 413. The summed E-state index contributed by atoms with van der Waals surface area (Å²) in [5, 5.41) is 4.59. The first-order valence-electron chi connectivity index (χ1n) is 7.74. The first kappa shape index (κ1) is 13.5. The lowest BCUT2D eigenvalue weighted by Crippen LogP contribution is -2.36. The summed E-state index contributed by atoms with van der Waals surface area (Å²) in [6, 6.07) is 8.86. The van der Waals surface area contributed by atoms with Gasteiger partial charge < -0.3 is 5.32 Å². The van der Waals surface area contributed by atoms with Crippen molar-refractivity contribution in [1.29, 1.82) is 0 Å². The molecule has 0 atom stereocenters. The third-order valence-electron chi connectivity index (χ3n) is 5.25. The Morgan fingerprint density at radius 3 is 2.42 bits per heavy atom. The van der Waals surface area contributed by atoms with Crippen molar-refractivity contribution in [2.24, 2.45) is 5.41 Å². The molecule has 104 valence electrons. The van der Waals surface area contributed by atoms with Crippen molar-refractivity contribution in [3.05, 3.63) is 34.9 Å². The molecule has 3 rings (SSSR count). The Balaban J connectivity index is 1.49. The molecule has 2 heteroatoms. The maximum atomic E-state index is 6.20. The van der Waals surface area contributed by atoms with E-state index in [9.17, 15) is 0 Å². The Morgan fingerprint density at radius 2 is 1.74 bits per heavy atom. The summed E-state index contributed by atoms with van der Waals surface area (Å²) < 4.78 is 0. The molecule has 0 unspecified atom stereocenters. The monoisotopic (exact) mass is 277 g/mol. The quantitative estimate of drug-likeness (QED) is 0.826. The van der Waals surface area contributed by atoms with Crippen LogP contribution in [0.25, 0.3) is 0 Å². The molecule has 0 radical (unpaired) electrons.